The van der Waals surface area contributed by atoms with Gasteiger partial charge < -0.3 is 15.0 Å². The highest BCUT2D eigenvalue weighted by atomic mass is 35.5. The fourth-order valence-electron chi connectivity index (χ4n) is 3.49. The molecule has 32 heavy (non-hydrogen) atoms. The van der Waals surface area contributed by atoms with Gasteiger partial charge in [0.05, 0.1) is 29.4 Å². The van der Waals surface area contributed by atoms with Crippen molar-refractivity contribution in [3.63, 3.8) is 0 Å². The van der Waals surface area contributed by atoms with Crippen molar-refractivity contribution in [2.24, 2.45) is 0 Å². The molecule has 1 fully saturated rings. The van der Waals surface area contributed by atoms with Crippen molar-refractivity contribution >= 4 is 50.7 Å². The summed E-state index contributed by atoms with van der Waals surface area (Å²) in [5, 5.41) is 3.35. The van der Waals surface area contributed by atoms with Crippen LogP contribution in [-0.2, 0) is 11.0 Å². The van der Waals surface area contributed by atoms with Crippen LogP contribution in [0.15, 0.2) is 42.5 Å². The molecule has 1 aliphatic rings. The van der Waals surface area contributed by atoms with E-state index < -0.39 is 11.7 Å². The van der Waals surface area contributed by atoms with E-state index in [-0.39, 0.29) is 24.9 Å². The lowest BCUT2D eigenvalue weighted by Gasteiger charge is -2.35. The summed E-state index contributed by atoms with van der Waals surface area (Å²) in [7, 11) is 1.59. The van der Waals surface area contributed by atoms with Crippen molar-refractivity contribution in [3.8, 4) is 5.75 Å². The molecule has 3 aromatic rings. The van der Waals surface area contributed by atoms with Gasteiger partial charge in [-0.15, -0.1) is 12.4 Å². The molecule has 1 aromatic heterocycles. The van der Waals surface area contributed by atoms with E-state index in [1.54, 1.807) is 13.2 Å². The molecule has 0 radical (unpaired) electrons. The molecular weight excluding hydrogens is 465 g/mol. The summed E-state index contributed by atoms with van der Waals surface area (Å²) in [6, 6.07) is 10.9. The second-order valence-electron chi connectivity index (χ2n) is 7.21. The van der Waals surface area contributed by atoms with Crippen molar-refractivity contribution in [2.45, 2.75) is 6.18 Å². The van der Waals surface area contributed by atoms with Crippen LogP contribution in [0.1, 0.15) is 5.56 Å². The van der Waals surface area contributed by atoms with Crippen molar-refractivity contribution in [1.82, 2.24) is 9.88 Å². The first kappa shape index (κ1) is 24.1. The van der Waals surface area contributed by atoms with Gasteiger partial charge in [0.2, 0.25) is 5.91 Å². The van der Waals surface area contributed by atoms with Crippen molar-refractivity contribution in [2.75, 3.05) is 50.1 Å². The quantitative estimate of drug-likeness (QED) is 0.575. The molecule has 0 unspecified atom stereocenters. The van der Waals surface area contributed by atoms with Crippen LogP contribution in [0.25, 0.3) is 10.2 Å². The van der Waals surface area contributed by atoms with Gasteiger partial charge in [-0.05, 0) is 36.4 Å². The Morgan fingerprint density at radius 2 is 1.91 bits per heavy atom. The number of amides is 1. The normalized spacial score (nSPS) is 14.8. The fraction of sp³-hybridized carbons (Fsp3) is 0.333. The van der Waals surface area contributed by atoms with E-state index in [0.29, 0.717) is 37.0 Å². The second-order valence-corrected chi connectivity index (χ2v) is 8.24. The molecule has 172 valence electrons. The van der Waals surface area contributed by atoms with Crippen LogP contribution in [0.5, 0.6) is 5.75 Å². The number of carbonyl (C=O) groups excluding carboxylic acids is 1. The van der Waals surface area contributed by atoms with Gasteiger partial charge in [-0.3, -0.25) is 9.69 Å². The number of thiazole rings is 1. The molecule has 6 nitrogen and oxygen atoms in total. The Bertz CT molecular complexity index is 1080. The van der Waals surface area contributed by atoms with Gasteiger partial charge in [-0.2, -0.15) is 13.2 Å². The molecule has 1 amide bonds. The highest BCUT2D eigenvalue weighted by Gasteiger charge is 2.31. The topological polar surface area (TPSA) is 57.7 Å². The molecule has 0 aliphatic carbocycles. The lowest BCUT2D eigenvalue weighted by Crippen LogP contribution is -2.48. The minimum Gasteiger partial charge on any atom is -0.497 e. The van der Waals surface area contributed by atoms with E-state index in [1.165, 1.54) is 23.5 Å². The van der Waals surface area contributed by atoms with Crippen LogP contribution in [0.3, 0.4) is 0 Å². The molecule has 0 spiro atoms. The van der Waals surface area contributed by atoms with E-state index in [1.807, 2.05) is 28.0 Å². The average molecular weight is 487 g/mol. The number of alkyl halides is 3. The molecule has 1 aliphatic heterocycles. The number of nitrogens with one attached hydrogen (secondary N) is 1. The number of hydrogen-bond donors (Lipinski definition) is 1. The summed E-state index contributed by atoms with van der Waals surface area (Å²) in [5.74, 6) is 0.561. The number of anilines is 2. The summed E-state index contributed by atoms with van der Waals surface area (Å²) in [5.41, 5.74) is 0.680. The SMILES string of the molecule is COc1ccc2nc(NC(=O)CN3CCN(c4cccc(C(F)(F)F)c4)CC3)sc2c1.Cl. The van der Waals surface area contributed by atoms with Gasteiger partial charge in [0, 0.05) is 31.9 Å². The maximum Gasteiger partial charge on any atom is 0.416 e. The standard InChI is InChI=1S/C21H21F3N4O2S.ClH/c1-30-16-5-6-17-18(12-16)31-20(25-17)26-19(29)13-27-7-9-28(10-8-27)15-4-2-3-14(11-15)21(22,23)24;/h2-6,11-12H,7-10,13H2,1H3,(H,25,26,29);1H. The first-order valence-corrected chi connectivity index (χ1v) is 10.5. The predicted octanol–water partition coefficient (Wildman–Crippen LogP) is 4.51. The van der Waals surface area contributed by atoms with Crippen LogP contribution in [-0.4, -0.2) is 55.6 Å². The summed E-state index contributed by atoms with van der Waals surface area (Å²) < 4.78 is 45.0. The van der Waals surface area contributed by atoms with E-state index in [9.17, 15) is 18.0 Å². The molecule has 2 aromatic carbocycles. The number of rotatable bonds is 5. The molecule has 0 saturated carbocycles. The number of halogens is 4. The number of nitrogens with zero attached hydrogens (tertiary/aromatic N) is 3. The number of ether oxygens (including phenoxy) is 1. The molecule has 2 heterocycles. The summed E-state index contributed by atoms with van der Waals surface area (Å²) >= 11 is 1.38. The zero-order chi connectivity index (χ0) is 22.0. The molecule has 0 atom stereocenters. The number of fused-ring (bicyclic) bond motifs is 1. The van der Waals surface area contributed by atoms with E-state index in [4.69, 9.17) is 4.74 Å². The molecule has 1 N–H and O–H groups in total. The summed E-state index contributed by atoms with van der Waals surface area (Å²) in [6.45, 7) is 2.47. The van der Waals surface area contributed by atoms with Gasteiger partial charge in [0.1, 0.15) is 5.75 Å². The lowest BCUT2D eigenvalue weighted by molar-refractivity contribution is -0.137. The zero-order valence-corrected chi connectivity index (χ0v) is 18.8. The van der Waals surface area contributed by atoms with Gasteiger partial charge in [0.25, 0.3) is 0 Å². The summed E-state index contributed by atoms with van der Waals surface area (Å²) in [6.07, 6.45) is -4.36. The predicted molar refractivity (Wildman–Crippen MR) is 122 cm³/mol. The van der Waals surface area contributed by atoms with Crippen LogP contribution >= 0.6 is 23.7 Å². The third kappa shape index (κ3) is 5.62. The lowest BCUT2D eigenvalue weighted by atomic mass is 10.1. The largest absolute Gasteiger partial charge is 0.497 e. The number of benzene rings is 2. The maximum absolute atomic E-state index is 12.9. The van der Waals surface area contributed by atoms with Gasteiger partial charge in [-0.25, -0.2) is 4.98 Å². The van der Waals surface area contributed by atoms with Gasteiger partial charge in [0.15, 0.2) is 5.13 Å². The Labute approximate surface area is 193 Å². The van der Waals surface area contributed by atoms with Crippen molar-refractivity contribution < 1.29 is 22.7 Å². The fourth-order valence-corrected chi connectivity index (χ4v) is 4.40. The van der Waals surface area contributed by atoms with Crippen LogP contribution in [0.4, 0.5) is 24.0 Å². The van der Waals surface area contributed by atoms with Gasteiger partial charge in [-0.1, -0.05) is 17.4 Å². The zero-order valence-electron chi connectivity index (χ0n) is 17.2. The monoisotopic (exact) mass is 486 g/mol. The number of methoxy groups -OCH3 is 1. The Hall–Kier alpha value is -2.56. The Morgan fingerprint density at radius 1 is 1.16 bits per heavy atom. The first-order chi connectivity index (χ1) is 14.8. The molecule has 4 rings (SSSR count). The minimum absolute atomic E-state index is 0. The minimum atomic E-state index is -4.36. The molecule has 1 saturated heterocycles. The highest BCUT2D eigenvalue weighted by Crippen LogP contribution is 2.32. The Kier molecular flexibility index (Phi) is 7.47. The van der Waals surface area contributed by atoms with Crippen molar-refractivity contribution in [3.05, 3.63) is 48.0 Å². The molecular formula is C21H22ClF3N4O2S. The van der Waals surface area contributed by atoms with E-state index >= 15 is 0 Å². The number of hydrogen-bond acceptors (Lipinski definition) is 6. The van der Waals surface area contributed by atoms with Crippen LogP contribution in [0, 0.1) is 0 Å². The number of piperazine rings is 1. The number of carbonyl (C=O) groups is 1. The Morgan fingerprint density at radius 3 is 2.59 bits per heavy atom. The van der Waals surface area contributed by atoms with Gasteiger partial charge >= 0.3 is 6.18 Å². The number of aromatic nitrogens is 1. The van der Waals surface area contributed by atoms with Crippen LogP contribution in [0.2, 0.25) is 0 Å². The van der Waals surface area contributed by atoms with Crippen LogP contribution < -0.4 is 15.0 Å². The third-order valence-electron chi connectivity index (χ3n) is 5.12. The first-order valence-electron chi connectivity index (χ1n) is 9.71. The average Bonchev–Trinajstić information content (AvgIpc) is 3.14. The van der Waals surface area contributed by atoms with E-state index in [0.717, 1.165) is 22.0 Å². The summed E-state index contributed by atoms with van der Waals surface area (Å²) in [4.78, 5) is 20.7. The van der Waals surface area contributed by atoms with E-state index in [2.05, 4.69) is 10.3 Å². The Balaban J connectivity index is 0.00000289. The second kappa shape index (κ2) is 9.93. The molecule has 0 bridgehead atoms. The third-order valence-corrected chi connectivity index (χ3v) is 6.05. The maximum atomic E-state index is 12.9. The highest BCUT2D eigenvalue weighted by molar-refractivity contribution is 7.22. The molecule has 11 heteroatoms. The smallest absolute Gasteiger partial charge is 0.416 e. The van der Waals surface area contributed by atoms with Crippen molar-refractivity contribution in [1.29, 1.82) is 0 Å².